The lowest BCUT2D eigenvalue weighted by atomic mass is 9.92. The normalized spacial score (nSPS) is 15.6. The number of hydrogen-bond acceptors (Lipinski definition) is 5. The lowest BCUT2D eigenvalue weighted by Gasteiger charge is -2.38. The highest BCUT2D eigenvalue weighted by Crippen LogP contribution is 2.30. The summed E-state index contributed by atoms with van der Waals surface area (Å²) in [5, 5.41) is 15.8. The van der Waals surface area contributed by atoms with Gasteiger partial charge in [-0.2, -0.15) is 0 Å². The smallest absolute Gasteiger partial charge is 0.408 e. The Balaban J connectivity index is 2.04. The summed E-state index contributed by atoms with van der Waals surface area (Å²) in [6.07, 6.45) is 4.59. The predicted molar refractivity (Wildman–Crippen MR) is 161 cm³/mol. The van der Waals surface area contributed by atoms with Crippen molar-refractivity contribution in [2.24, 2.45) is 0 Å². The van der Waals surface area contributed by atoms with Gasteiger partial charge in [-0.05, 0) is 90.1 Å². The maximum Gasteiger partial charge on any atom is 0.408 e. The molecule has 8 heteroatoms. The first kappa shape index (κ1) is 32.0. The molecule has 3 rings (SSSR count). The van der Waals surface area contributed by atoms with E-state index in [0.29, 0.717) is 0 Å². The molecule has 2 atom stereocenters. The van der Waals surface area contributed by atoms with Crippen molar-refractivity contribution in [3.05, 3.63) is 64.7 Å². The zero-order chi connectivity index (χ0) is 30.3. The van der Waals surface area contributed by atoms with Crippen LogP contribution in [-0.2, 0) is 20.7 Å². The van der Waals surface area contributed by atoms with Crippen LogP contribution in [0.4, 0.5) is 4.79 Å². The minimum Gasteiger partial charge on any atom is -0.508 e. The van der Waals surface area contributed by atoms with Crippen LogP contribution >= 0.6 is 0 Å². The van der Waals surface area contributed by atoms with Gasteiger partial charge in [-0.15, -0.1) is 0 Å². The second-order valence-corrected chi connectivity index (χ2v) is 12.5. The van der Waals surface area contributed by atoms with Crippen molar-refractivity contribution in [1.29, 1.82) is 0 Å². The van der Waals surface area contributed by atoms with Crippen molar-refractivity contribution in [2.75, 3.05) is 0 Å². The van der Waals surface area contributed by atoms with Gasteiger partial charge < -0.3 is 25.4 Å². The molecule has 1 saturated carbocycles. The Morgan fingerprint density at radius 3 is 2.22 bits per heavy atom. The molecule has 2 unspecified atom stereocenters. The summed E-state index contributed by atoms with van der Waals surface area (Å²) in [5.74, 6) is -0.494. The number of nitrogens with one attached hydrogen (secondary N) is 2. The topological polar surface area (TPSA) is 108 Å². The van der Waals surface area contributed by atoms with Crippen LogP contribution in [0.2, 0.25) is 0 Å². The van der Waals surface area contributed by atoms with Gasteiger partial charge in [0.15, 0.2) is 0 Å². The Morgan fingerprint density at radius 1 is 1.00 bits per heavy atom. The number of phenolic OH excluding ortho intramolecular Hbond substituents is 1. The number of carbonyl (C=O) groups is 3. The van der Waals surface area contributed by atoms with E-state index in [2.05, 4.69) is 10.6 Å². The predicted octanol–water partition coefficient (Wildman–Crippen LogP) is 5.87. The van der Waals surface area contributed by atoms with Crippen LogP contribution in [0.1, 0.15) is 95.0 Å². The zero-order valence-electron chi connectivity index (χ0n) is 25.6. The van der Waals surface area contributed by atoms with Gasteiger partial charge in [0.2, 0.25) is 11.8 Å². The summed E-state index contributed by atoms with van der Waals surface area (Å²) < 4.78 is 5.50. The van der Waals surface area contributed by atoms with E-state index in [9.17, 15) is 19.5 Å². The molecule has 0 saturated heterocycles. The highest BCUT2D eigenvalue weighted by Gasteiger charge is 2.39. The van der Waals surface area contributed by atoms with Crippen LogP contribution in [-0.4, -0.2) is 51.6 Å². The fraction of sp³-hybridized carbons (Fsp3) is 0.545. The molecule has 224 valence electrons. The van der Waals surface area contributed by atoms with Crippen molar-refractivity contribution in [1.82, 2.24) is 15.5 Å². The number of aromatic hydroxyl groups is 1. The molecule has 1 fully saturated rings. The molecule has 2 aromatic rings. The summed E-state index contributed by atoms with van der Waals surface area (Å²) in [4.78, 5) is 43.1. The Morgan fingerprint density at radius 2 is 1.63 bits per heavy atom. The lowest BCUT2D eigenvalue weighted by Crippen LogP contribution is -2.56. The van der Waals surface area contributed by atoms with Crippen LogP contribution in [0, 0.1) is 13.8 Å². The van der Waals surface area contributed by atoms with E-state index in [1.165, 1.54) is 6.42 Å². The van der Waals surface area contributed by atoms with Crippen LogP contribution in [0.25, 0.3) is 0 Å². The summed E-state index contributed by atoms with van der Waals surface area (Å²) in [6.45, 7) is 13.0. The number of carbonyl (C=O) groups excluding carboxylic acids is 3. The maximum atomic E-state index is 14.5. The Kier molecular flexibility index (Phi) is 10.8. The third-order valence-corrected chi connectivity index (χ3v) is 7.38. The van der Waals surface area contributed by atoms with E-state index < -0.39 is 23.8 Å². The number of phenols is 1. The lowest BCUT2D eigenvalue weighted by molar-refractivity contribution is -0.145. The van der Waals surface area contributed by atoms with E-state index in [1.807, 2.05) is 45.9 Å². The fourth-order valence-electron chi connectivity index (χ4n) is 5.38. The number of benzene rings is 2. The largest absolute Gasteiger partial charge is 0.508 e. The van der Waals surface area contributed by atoms with Crippen LogP contribution < -0.4 is 10.6 Å². The zero-order valence-corrected chi connectivity index (χ0v) is 25.6. The average Bonchev–Trinajstić information content (AvgIpc) is 2.88. The second kappa shape index (κ2) is 13.9. The van der Waals surface area contributed by atoms with Gasteiger partial charge in [0, 0.05) is 18.5 Å². The molecule has 3 amide bonds. The SMILES string of the molecule is Cc1ccc(C)c(C(C(=O)NC2CCCCC2)N(C(=O)C(Cc2ccc(O)cc2)NC(=O)OC(C)(C)C)C(C)C)c1. The van der Waals surface area contributed by atoms with Gasteiger partial charge >= 0.3 is 6.09 Å². The first-order valence-electron chi connectivity index (χ1n) is 14.7. The fourth-order valence-corrected chi connectivity index (χ4v) is 5.38. The standard InChI is InChI=1S/C33H47N3O5/c1-21(2)36(29(27-19-22(3)13-14-23(27)4)30(38)34-25-11-9-8-10-12-25)31(39)28(35-32(40)41-33(5,6)7)20-24-15-17-26(37)18-16-24/h13-19,21,25,28-29,37H,8-12,20H2,1-7H3,(H,34,38)(H,35,40). The van der Waals surface area contributed by atoms with E-state index in [0.717, 1.165) is 47.9 Å². The summed E-state index contributed by atoms with van der Waals surface area (Å²) in [6, 6.07) is 10.3. The molecule has 0 radical (unpaired) electrons. The van der Waals surface area contributed by atoms with Crippen LogP contribution in [0.5, 0.6) is 5.75 Å². The average molecular weight is 566 g/mol. The molecular weight excluding hydrogens is 518 g/mol. The molecular formula is C33H47N3O5. The summed E-state index contributed by atoms with van der Waals surface area (Å²) >= 11 is 0. The monoisotopic (exact) mass is 565 g/mol. The van der Waals surface area contributed by atoms with Crippen molar-refractivity contribution >= 4 is 17.9 Å². The Hall–Kier alpha value is -3.55. The van der Waals surface area contributed by atoms with Crippen LogP contribution in [0.15, 0.2) is 42.5 Å². The molecule has 1 aliphatic carbocycles. The number of amides is 3. The summed E-state index contributed by atoms with van der Waals surface area (Å²) in [7, 11) is 0. The first-order valence-corrected chi connectivity index (χ1v) is 14.7. The van der Waals surface area contributed by atoms with E-state index in [-0.39, 0.29) is 36.1 Å². The third-order valence-electron chi connectivity index (χ3n) is 7.38. The third kappa shape index (κ3) is 9.23. The number of alkyl carbamates (subject to hydrolysis) is 1. The first-order chi connectivity index (χ1) is 19.2. The molecule has 3 N–H and O–H groups in total. The van der Waals surface area contributed by atoms with Crippen molar-refractivity contribution < 1.29 is 24.2 Å². The van der Waals surface area contributed by atoms with Gasteiger partial charge in [0.05, 0.1) is 0 Å². The molecule has 8 nitrogen and oxygen atoms in total. The molecule has 0 aromatic heterocycles. The number of ether oxygens (including phenoxy) is 1. The Labute approximate surface area is 244 Å². The van der Waals surface area contributed by atoms with Crippen molar-refractivity contribution in [3.63, 3.8) is 0 Å². The molecule has 41 heavy (non-hydrogen) atoms. The molecule has 0 bridgehead atoms. The molecule has 0 spiro atoms. The van der Waals surface area contributed by atoms with Gasteiger partial charge in [-0.1, -0.05) is 55.2 Å². The van der Waals surface area contributed by atoms with Crippen molar-refractivity contribution in [3.8, 4) is 5.75 Å². The van der Waals surface area contributed by atoms with E-state index in [1.54, 1.807) is 49.9 Å². The van der Waals surface area contributed by atoms with Gasteiger partial charge in [0.25, 0.3) is 0 Å². The van der Waals surface area contributed by atoms with E-state index in [4.69, 9.17) is 4.74 Å². The number of hydrogen-bond donors (Lipinski definition) is 3. The molecule has 0 aliphatic heterocycles. The highest BCUT2D eigenvalue weighted by molar-refractivity contribution is 5.93. The number of rotatable bonds is 9. The van der Waals surface area contributed by atoms with Gasteiger partial charge in [-0.25, -0.2) is 4.79 Å². The van der Waals surface area contributed by atoms with Gasteiger partial charge in [0.1, 0.15) is 23.4 Å². The second-order valence-electron chi connectivity index (χ2n) is 12.5. The van der Waals surface area contributed by atoms with Crippen molar-refractivity contribution in [2.45, 2.75) is 117 Å². The van der Waals surface area contributed by atoms with E-state index >= 15 is 0 Å². The number of aryl methyl sites for hydroxylation is 2. The maximum absolute atomic E-state index is 14.5. The minimum absolute atomic E-state index is 0.0701. The van der Waals surface area contributed by atoms with Gasteiger partial charge in [-0.3, -0.25) is 9.59 Å². The molecule has 0 heterocycles. The Bertz CT molecular complexity index is 1200. The number of nitrogens with zero attached hydrogens (tertiary/aromatic N) is 1. The quantitative estimate of drug-likeness (QED) is 0.352. The minimum atomic E-state index is -1.01. The highest BCUT2D eigenvalue weighted by atomic mass is 16.6. The van der Waals surface area contributed by atoms with Crippen LogP contribution in [0.3, 0.4) is 0 Å². The summed E-state index contributed by atoms with van der Waals surface area (Å²) in [5.41, 5.74) is 2.66. The molecule has 1 aliphatic rings. The molecule has 2 aromatic carbocycles.